The minimum atomic E-state index is -0.454. The molecule has 7 N–H and O–H groups in total. The summed E-state index contributed by atoms with van der Waals surface area (Å²) in [4.78, 5) is 72.4. The van der Waals surface area contributed by atoms with E-state index in [4.69, 9.17) is 5.73 Å². The summed E-state index contributed by atoms with van der Waals surface area (Å²) in [5.41, 5.74) is 14.3. The van der Waals surface area contributed by atoms with E-state index in [0.717, 1.165) is 88.3 Å². The Balaban J connectivity index is 0.000000153. The highest BCUT2D eigenvalue weighted by molar-refractivity contribution is 5.91. The second kappa shape index (κ2) is 23.2. The highest BCUT2D eigenvalue weighted by Gasteiger charge is 2.33. The summed E-state index contributed by atoms with van der Waals surface area (Å²) in [6, 6.07) is 31.7. The summed E-state index contributed by atoms with van der Waals surface area (Å²) in [6.45, 7) is 4.13. The molecule has 0 bridgehead atoms. The van der Waals surface area contributed by atoms with Gasteiger partial charge in [-0.05, 0) is 125 Å². The summed E-state index contributed by atoms with van der Waals surface area (Å²) >= 11 is 0. The van der Waals surface area contributed by atoms with Gasteiger partial charge in [0.1, 0.15) is 0 Å². The van der Waals surface area contributed by atoms with E-state index in [1.54, 1.807) is 32.4 Å². The summed E-state index contributed by atoms with van der Waals surface area (Å²) in [5.74, 6) is 1.03. The monoisotopic (exact) mass is 926 g/mol. The first kappa shape index (κ1) is 48.2. The van der Waals surface area contributed by atoms with E-state index in [1.165, 1.54) is 11.1 Å². The number of ketones is 2. The van der Waals surface area contributed by atoms with Crippen LogP contribution in [0.1, 0.15) is 105 Å². The number of hydrogen-bond acceptors (Lipinski definition) is 8. The molecule has 0 saturated heterocycles. The zero-order valence-corrected chi connectivity index (χ0v) is 39.5. The molecule has 10 rings (SSSR count). The van der Waals surface area contributed by atoms with Gasteiger partial charge >= 0.3 is 0 Å². The number of aromatic nitrogens is 6. The molecule has 2 saturated carbocycles. The van der Waals surface area contributed by atoms with Gasteiger partial charge in [-0.3, -0.25) is 34.1 Å². The number of Topliss-reactive ketones (excluding diaryl/α,β-unsaturated/α-hetero) is 2. The van der Waals surface area contributed by atoms with Crippen molar-refractivity contribution in [2.75, 3.05) is 0 Å². The van der Waals surface area contributed by atoms with Crippen LogP contribution in [0.15, 0.2) is 134 Å². The first-order valence-electron chi connectivity index (χ1n) is 24.3. The first-order chi connectivity index (χ1) is 33.6. The van der Waals surface area contributed by atoms with Gasteiger partial charge in [0.2, 0.25) is 11.8 Å². The van der Waals surface area contributed by atoms with Crippen LogP contribution in [0.2, 0.25) is 0 Å². The lowest BCUT2D eigenvalue weighted by Crippen LogP contribution is -2.41. The summed E-state index contributed by atoms with van der Waals surface area (Å²) < 4.78 is 0. The Morgan fingerprint density at radius 1 is 0.551 bits per heavy atom. The smallest absolute Gasteiger partial charge is 0.223 e. The molecule has 0 unspecified atom stereocenters. The second-order valence-corrected chi connectivity index (χ2v) is 18.6. The number of pyridine rings is 3. The van der Waals surface area contributed by atoms with Gasteiger partial charge in [-0.1, -0.05) is 60.7 Å². The number of carbonyl (C=O) groups is 4. The molecule has 2 aliphatic rings. The molecule has 0 spiro atoms. The van der Waals surface area contributed by atoms with Crippen molar-refractivity contribution in [3.63, 3.8) is 0 Å². The van der Waals surface area contributed by atoms with Crippen molar-refractivity contribution in [3.8, 4) is 0 Å². The maximum absolute atomic E-state index is 12.7. The predicted octanol–water partition coefficient (Wildman–Crippen LogP) is 9.33. The zero-order chi connectivity index (χ0) is 48.1. The van der Waals surface area contributed by atoms with Crippen LogP contribution < -0.4 is 16.4 Å². The molecule has 6 heterocycles. The summed E-state index contributed by atoms with van der Waals surface area (Å²) in [7, 11) is 0. The lowest BCUT2D eigenvalue weighted by atomic mass is 9.96. The number of aromatic amines is 3. The number of hydrogen-bond donors (Lipinski definition) is 6. The van der Waals surface area contributed by atoms with Crippen LogP contribution in [0.4, 0.5) is 0 Å². The van der Waals surface area contributed by atoms with Crippen LogP contribution in [-0.4, -0.2) is 65.4 Å². The minimum absolute atomic E-state index is 0.00309. The molecule has 2 aromatic carbocycles. The zero-order valence-electron chi connectivity index (χ0n) is 39.5. The largest absolute Gasteiger partial charge is 0.358 e. The van der Waals surface area contributed by atoms with Gasteiger partial charge in [0, 0.05) is 118 Å². The lowest BCUT2D eigenvalue weighted by Gasteiger charge is -2.16. The van der Waals surface area contributed by atoms with E-state index in [2.05, 4.69) is 64.8 Å². The normalized spacial score (nSPS) is 18.4. The van der Waals surface area contributed by atoms with Crippen molar-refractivity contribution < 1.29 is 19.2 Å². The van der Waals surface area contributed by atoms with Gasteiger partial charge in [-0.15, -0.1) is 0 Å². The number of aryl methyl sites for hydroxylation is 2. The van der Waals surface area contributed by atoms with Crippen molar-refractivity contribution >= 4 is 56.1 Å². The minimum Gasteiger partial charge on any atom is -0.358 e. The number of benzene rings is 2. The molecule has 2 aliphatic carbocycles. The standard InChI is InChI=1S/2C24H27N3O2.C8H9N3/c2*1-16(23(28)10-9-21-14-20-15-25-12-11-22(20)27-21)26-24(29)19-8-7-18(13-19)17-5-3-2-4-6-17;9-4-7-3-6-5-10-2-1-8(6)11-7/h2*2-6,11-12,14-16,18-19,27H,7-10,13H2,1H3,(H,26,29);1-3,5,11H,4,9H2/t2*16-,18+,19+;/m00./s1. The number of H-pyrrole nitrogens is 3. The molecule has 6 aromatic heterocycles. The maximum atomic E-state index is 12.7. The van der Waals surface area contributed by atoms with Gasteiger partial charge in [-0.2, -0.15) is 0 Å². The van der Waals surface area contributed by atoms with Crippen LogP contribution in [0.5, 0.6) is 0 Å². The molecule has 356 valence electrons. The van der Waals surface area contributed by atoms with Gasteiger partial charge in [-0.25, -0.2) is 0 Å². The maximum Gasteiger partial charge on any atom is 0.223 e. The van der Waals surface area contributed by atoms with Crippen molar-refractivity contribution in [2.45, 2.75) is 109 Å². The molecule has 2 amide bonds. The molecular weight excluding hydrogens is 863 g/mol. The Morgan fingerprint density at radius 2 is 0.928 bits per heavy atom. The van der Waals surface area contributed by atoms with E-state index in [0.29, 0.717) is 44.1 Å². The fraction of sp³-hybridized carbons (Fsp3) is 0.339. The van der Waals surface area contributed by atoms with E-state index in [1.807, 2.05) is 91.4 Å². The number of rotatable bonds is 15. The molecule has 13 nitrogen and oxygen atoms in total. The fourth-order valence-electron chi connectivity index (χ4n) is 9.74. The van der Waals surface area contributed by atoms with Gasteiger partial charge in [0.25, 0.3) is 0 Å². The van der Waals surface area contributed by atoms with E-state index >= 15 is 0 Å². The molecule has 2 fully saturated rings. The first-order valence-corrected chi connectivity index (χ1v) is 24.3. The van der Waals surface area contributed by atoms with Gasteiger partial charge < -0.3 is 31.3 Å². The number of nitrogens with one attached hydrogen (secondary N) is 5. The molecule has 6 atom stereocenters. The SMILES string of the molecule is C[C@H](NC(=O)[C@@H]1CC[C@@H](c2ccccc2)C1)C(=O)CCc1cc2cnccc2[nH]1.C[C@H](NC(=O)[C@@H]1CC[C@@H](c2ccccc2)C1)C(=O)CCc1cc2cnccc2[nH]1.NCc1cc2cnccc2[nH]1. The Kier molecular flexibility index (Phi) is 16.2. The molecule has 8 aromatic rings. The number of nitrogens with two attached hydrogens (primary N) is 1. The third kappa shape index (κ3) is 12.8. The predicted molar refractivity (Wildman–Crippen MR) is 271 cm³/mol. The number of nitrogens with zero attached hydrogens (tertiary/aromatic N) is 3. The Labute approximate surface area is 402 Å². The third-order valence-electron chi connectivity index (χ3n) is 13.8. The second-order valence-electron chi connectivity index (χ2n) is 18.6. The number of fused-ring (bicyclic) bond motifs is 3. The number of amides is 2. The molecule has 69 heavy (non-hydrogen) atoms. The fourth-order valence-corrected chi connectivity index (χ4v) is 9.74. The topological polar surface area (TPSA) is 204 Å². The molecular formula is C56H63N9O4. The van der Waals surface area contributed by atoms with Crippen LogP contribution in [0.3, 0.4) is 0 Å². The number of carbonyl (C=O) groups excluding carboxylic acids is 4. The third-order valence-corrected chi connectivity index (χ3v) is 13.8. The van der Waals surface area contributed by atoms with Crippen molar-refractivity contribution in [1.29, 1.82) is 0 Å². The van der Waals surface area contributed by atoms with Crippen molar-refractivity contribution in [1.82, 2.24) is 40.5 Å². The van der Waals surface area contributed by atoms with E-state index in [9.17, 15) is 19.2 Å². The summed E-state index contributed by atoms with van der Waals surface area (Å²) in [6.07, 6.45) is 18.3. The van der Waals surface area contributed by atoms with E-state index < -0.39 is 12.1 Å². The van der Waals surface area contributed by atoms with Gasteiger partial charge in [0.15, 0.2) is 11.6 Å². The Hall–Kier alpha value is -7.25. The Morgan fingerprint density at radius 3 is 1.30 bits per heavy atom. The molecule has 13 heteroatoms. The quantitative estimate of drug-likeness (QED) is 0.0583. The molecule has 0 radical (unpaired) electrons. The van der Waals surface area contributed by atoms with Crippen molar-refractivity contribution in [2.24, 2.45) is 17.6 Å². The molecule has 0 aliphatic heterocycles. The van der Waals surface area contributed by atoms with Crippen LogP contribution in [0.25, 0.3) is 32.7 Å². The van der Waals surface area contributed by atoms with Crippen LogP contribution in [-0.2, 0) is 38.6 Å². The highest BCUT2D eigenvalue weighted by atomic mass is 16.2. The van der Waals surface area contributed by atoms with Crippen LogP contribution in [0, 0.1) is 11.8 Å². The highest BCUT2D eigenvalue weighted by Crippen LogP contribution is 2.39. The lowest BCUT2D eigenvalue weighted by molar-refractivity contribution is -0.129. The Bertz CT molecular complexity index is 2700. The van der Waals surface area contributed by atoms with Gasteiger partial charge in [0.05, 0.1) is 12.1 Å². The summed E-state index contributed by atoms with van der Waals surface area (Å²) in [5, 5.41) is 9.11. The van der Waals surface area contributed by atoms with E-state index in [-0.39, 0.29) is 35.2 Å². The van der Waals surface area contributed by atoms with Crippen molar-refractivity contribution in [3.05, 3.63) is 162 Å². The van der Waals surface area contributed by atoms with Crippen LogP contribution >= 0.6 is 0 Å². The average molecular weight is 926 g/mol. The average Bonchev–Trinajstić information content (AvgIpc) is 4.25.